The minimum atomic E-state index is 0.120. The maximum atomic E-state index is 11.6. The Bertz CT molecular complexity index is 1400. The number of carbonyl (C=O) groups is 1. The molecule has 4 N–H and O–H groups in total. The second-order valence-corrected chi connectivity index (χ2v) is 8.39. The summed E-state index contributed by atoms with van der Waals surface area (Å²) in [7, 11) is 1.69. The summed E-state index contributed by atoms with van der Waals surface area (Å²) in [5.74, 6) is 0.960. The number of furan rings is 1. The molecule has 4 aromatic rings. The van der Waals surface area contributed by atoms with Crippen molar-refractivity contribution in [1.29, 1.82) is 0 Å². The smallest absolute Gasteiger partial charge is 0.219 e. The van der Waals surface area contributed by atoms with E-state index in [0.29, 0.717) is 28.6 Å². The van der Waals surface area contributed by atoms with Gasteiger partial charge in [-0.05, 0) is 25.0 Å². The van der Waals surface area contributed by atoms with Crippen molar-refractivity contribution < 1.29 is 9.21 Å². The zero-order valence-electron chi connectivity index (χ0n) is 19.1. The molecule has 0 aliphatic carbocycles. The molecule has 10 nitrogen and oxygen atoms in total. The molecule has 0 saturated carbocycles. The number of rotatable bonds is 4. The first-order valence-electron chi connectivity index (χ1n) is 11.1. The van der Waals surface area contributed by atoms with E-state index in [-0.39, 0.29) is 11.9 Å². The summed E-state index contributed by atoms with van der Waals surface area (Å²) in [6, 6.07) is 3.96. The highest BCUT2D eigenvalue weighted by Gasteiger charge is 2.24. The first kappa shape index (κ1) is 21.6. The van der Waals surface area contributed by atoms with Crippen molar-refractivity contribution in [2.75, 3.05) is 31.6 Å². The molecule has 5 rings (SSSR count). The predicted molar refractivity (Wildman–Crippen MR) is 130 cm³/mol. The number of hydrogen-bond acceptors (Lipinski definition) is 8. The lowest BCUT2D eigenvalue weighted by molar-refractivity contribution is -0.130. The third kappa shape index (κ3) is 3.76. The molecule has 1 aliphatic rings. The predicted octanol–water partition coefficient (Wildman–Crippen LogP) is 2.90. The van der Waals surface area contributed by atoms with Crippen molar-refractivity contribution in [3.63, 3.8) is 0 Å². The van der Waals surface area contributed by atoms with Crippen LogP contribution in [0.25, 0.3) is 22.1 Å². The summed E-state index contributed by atoms with van der Waals surface area (Å²) in [5.41, 5.74) is 16.4. The van der Waals surface area contributed by atoms with Gasteiger partial charge in [-0.3, -0.25) is 19.5 Å². The zero-order valence-corrected chi connectivity index (χ0v) is 19.1. The Labute approximate surface area is 196 Å². The number of nitrogens with zero attached hydrogens (tertiary/aromatic N) is 6. The number of pyridine rings is 2. The molecule has 0 aromatic carbocycles. The Kier molecular flexibility index (Phi) is 5.48. The fourth-order valence-electron chi connectivity index (χ4n) is 4.50. The number of likely N-dealkylation sites (tertiary alicyclic amines) is 1. The molecule has 0 radical (unpaired) electrons. The maximum absolute atomic E-state index is 11.6. The van der Waals surface area contributed by atoms with Gasteiger partial charge in [-0.25, -0.2) is 4.98 Å². The van der Waals surface area contributed by atoms with Crippen LogP contribution in [0, 0.1) is 0 Å². The lowest BCUT2D eigenvalue weighted by Crippen LogP contribution is -2.37. The second-order valence-electron chi connectivity index (χ2n) is 8.39. The number of amides is 1. The van der Waals surface area contributed by atoms with Crippen LogP contribution in [0.2, 0.25) is 0 Å². The third-order valence-electron chi connectivity index (χ3n) is 6.35. The van der Waals surface area contributed by atoms with E-state index in [1.807, 2.05) is 28.0 Å². The number of aliphatic imine (C=N–C) groups is 1. The van der Waals surface area contributed by atoms with Gasteiger partial charge in [0.25, 0.3) is 0 Å². The topological polar surface area (TPSA) is 141 Å². The molecule has 0 unspecified atom stereocenters. The number of hydrogen-bond donors (Lipinski definition) is 2. The normalized spacial score (nSPS) is 15.2. The highest BCUT2D eigenvalue weighted by Crippen LogP contribution is 2.35. The van der Waals surface area contributed by atoms with Crippen molar-refractivity contribution in [3.8, 4) is 11.1 Å². The van der Waals surface area contributed by atoms with Crippen molar-refractivity contribution in [2.24, 2.45) is 4.99 Å². The third-order valence-corrected chi connectivity index (χ3v) is 6.35. The first-order valence-corrected chi connectivity index (χ1v) is 11.1. The Balaban J connectivity index is 1.50. The van der Waals surface area contributed by atoms with Gasteiger partial charge in [0.1, 0.15) is 5.71 Å². The van der Waals surface area contributed by atoms with Crippen LogP contribution in [0.4, 0.5) is 11.5 Å². The van der Waals surface area contributed by atoms with Crippen LogP contribution in [0.1, 0.15) is 37.1 Å². The Morgan fingerprint density at radius 2 is 2.00 bits per heavy atom. The fraction of sp³-hybridized carbons (Fsp3) is 0.292. The standard InChI is InChI=1S/C24H26N8O2/c1-14(33)31-7-4-16(5-8-31)32-13-15(10-30-32)19-11-29-24(26)23-18(19)9-21(34-23)22(27-2)17-3-6-28-12-20(17)25/h3,6,9-13,16H,4-5,7-8,25H2,1-2H3,(H2,26,29). The van der Waals surface area contributed by atoms with Crippen molar-refractivity contribution >= 4 is 34.1 Å². The SMILES string of the molecule is CN=C(c1cc2c(-c3cnn(C4CCN(C(C)=O)CC4)c3)cnc(N)c2o1)c1ccncc1N. The number of piperidine rings is 1. The number of anilines is 2. The van der Waals surface area contributed by atoms with E-state index < -0.39 is 0 Å². The van der Waals surface area contributed by atoms with Crippen LogP contribution in [0.3, 0.4) is 0 Å². The van der Waals surface area contributed by atoms with Gasteiger partial charge in [-0.2, -0.15) is 5.10 Å². The molecule has 0 spiro atoms. The van der Waals surface area contributed by atoms with E-state index in [1.54, 1.807) is 38.6 Å². The Morgan fingerprint density at radius 3 is 2.71 bits per heavy atom. The van der Waals surface area contributed by atoms with Gasteiger partial charge < -0.3 is 20.8 Å². The highest BCUT2D eigenvalue weighted by molar-refractivity contribution is 6.16. The summed E-state index contributed by atoms with van der Waals surface area (Å²) >= 11 is 0. The molecule has 10 heteroatoms. The lowest BCUT2D eigenvalue weighted by atomic mass is 10.0. The van der Waals surface area contributed by atoms with E-state index in [2.05, 4.69) is 20.1 Å². The van der Waals surface area contributed by atoms with Gasteiger partial charge in [0.2, 0.25) is 5.91 Å². The number of carbonyl (C=O) groups excluding carboxylic acids is 1. The molecule has 5 heterocycles. The first-order chi connectivity index (χ1) is 16.5. The van der Waals surface area contributed by atoms with Crippen molar-refractivity contribution in [1.82, 2.24) is 24.6 Å². The van der Waals surface area contributed by atoms with E-state index in [1.165, 1.54) is 0 Å². The van der Waals surface area contributed by atoms with Crippen LogP contribution in [-0.2, 0) is 4.79 Å². The lowest BCUT2D eigenvalue weighted by Gasteiger charge is -2.31. The summed E-state index contributed by atoms with van der Waals surface area (Å²) in [4.78, 5) is 26.3. The summed E-state index contributed by atoms with van der Waals surface area (Å²) in [5, 5.41) is 5.43. The number of fused-ring (bicyclic) bond motifs is 1. The van der Waals surface area contributed by atoms with Crippen LogP contribution in [0.15, 0.2) is 52.5 Å². The molecule has 0 bridgehead atoms. The average Bonchev–Trinajstić information content (AvgIpc) is 3.50. The summed E-state index contributed by atoms with van der Waals surface area (Å²) < 4.78 is 8.10. The molecule has 1 saturated heterocycles. The van der Waals surface area contributed by atoms with E-state index in [9.17, 15) is 4.79 Å². The van der Waals surface area contributed by atoms with Gasteiger partial charge in [0.05, 0.1) is 24.1 Å². The number of aromatic nitrogens is 4. The molecular weight excluding hydrogens is 432 g/mol. The van der Waals surface area contributed by atoms with Gasteiger partial charge in [0.15, 0.2) is 17.2 Å². The quantitative estimate of drug-likeness (QED) is 0.448. The molecule has 4 aromatic heterocycles. The molecule has 34 heavy (non-hydrogen) atoms. The largest absolute Gasteiger partial charge is 0.451 e. The maximum Gasteiger partial charge on any atom is 0.219 e. The fourth-order valence-corrected chi connectivity index (χ4v) is 4.50. The Morgan fingerprint density at radius 1 is 1.21 bits per heavy atom. The molecule has 1 aliphatic heterocycles. The van der Waals surface area contributed by atoms with E-state index in [0.717, 1.165) is 48.0 Å². The van der Waals surface area contributed by atoms with Crippen LogP contribution in [-0.4, -0.2) is 56.4 Å². The van der Waals surface area contributed by atoms with Gasteiger partial charge >= 0.3 is 0 Å². The van der Waals surface area contributed by atoms with Crippen molar-refractivity contribution in [3.05, 3.63) is 54.4 Å². The molecule has 1 fully saturated rings. The van der Waals surface area contributed by atoms with Crippen molar-refractivity contribution in [2.45, 2.75) is 25.8 Å². The molecule has 174 valence electrons. The summed E-state index contributed by atoms with van der Waals surface area (Å²) in [6.07, 6.45) is 10.6. The summed E-state index contributed by atoms with van der Waals surface area (Å²) in [6.45, 7) is 3.10. The minimum absolute atomic E-state index is 0.120. The molecular formula is C24H26N8O2. The highest BCUT2D eigenvalue weighted by atomic mass is 16.3. The number of nitrogen functional groups attached to an aromatic ring is 2. The van der Waals surface area contributed by atoms with Crippen LogP contribution < -0.4 is 11.5 Å². The second kappa shape index (κ2) is 8.62. The van der Waals surface area contributed by atoms with Gasteiger partial charge in [0, 0.05) is 67.7 Å². The van der Waals surface area contributed by atoms with Crippen LogP contribution >= 0.6 is 0 Å². The molecule has 0 atom stereocenters. The average molecular weight is 459 g/mol. The van der Waals surface area contributed by atoms with Gasteiger partial charge in [-0.15, -0.1) is 0 Å². The minimum Gasteiger partial charge on any atom is -0.451 e. The Hall–Kier alpha value is -4.21. The van der Waals surface area contributed by atoms with Gasteiger partial charge in [-0.1, -0.05) is 0 Å². The molecule has 1 amide bonds. The van der Waals surface area contributed by atoms with E-state index in [4.69, 9.17) is 15.9 Å². The number of nitrogens with two attached hydrogens (primary N) is 2. The van der Waals surface area contributed by atoms with E-state index >= 15 is 0 Å². The van der Waals surface area contributed by atoms with Crippen LogP contribution in [0.5, 0.6) is 0 Å². The monoisotopic (exact) mass is 458 g/mol. The zero-order chi connectivity index (χ0) is 23.8.